The van der Waals surface area contributed by atoms with E-state index in [1.165, 1.54) is 7.11 Å². The SMILES string of the molecule is COCCC(=O)Nc1ccc2n(c1=O)CC1CC2CN(C(=O)c2cccnc2)C1. The average Bonchev–Trinajstić information content (AvgIpc) is 2.74. The number of ether oxygens (including phenoxy) is 1. The van der Waals surface area contributed by atoms with Crippen molar-refractivity contribution in [2.75, 3.05) is 32.1 Å². The fraction of sp³-hybridized carbons (Fsp3) is 0.429. The van der Waals surface area contributed by atoms with E-state index < -0.39 is 0 Å². The van der Waals surface area contributed by atoms with Crippen LogP contribution in [0.5, 0.6) is 0 Å². The van der Waals surface area contributed by atoms with E-state index in [9.17, 15) is 14.4 Å². The third kappa shape index (κ3) is 3.93. The quantitative estimate of drug-likeness (QED) is 0.826. The molecule has 2 aliphatic rings. The Labute approximate surface area is 168 Å². The van der Waals surface area contributed by atoms with E-state index in [0.29, 0.717) is 31.8 Å². The summed E-state index contributed by atoms with van der Waals surface area (Å²) in [5.74, 6) is 0.0486. The van der Waals surface area contributed by atoms with Crippen molar-refractivity contribution in [1.82, 2.24) is 14.5 Å². The highest BCUT2D eigenvalue weighted by Crippen LogP contribution is 2.35. The number of carbonyl (C=O) groups excluding carboxylic acids is 2. The zero-order chi connectivity index (χ0) is 20.4. The molecule has 2 atom stereocenters. The number of aromatic nitrogens is 2. The van der Waals surface area contributed by atoms with Gasteiger partial charge in [-0.25, -0.2) is 0 Å². The largest absolute Gasteiger partial charge is 0.384 e. The molecule has 4 heterocycles. The molecule has 2 aliphatic heterocycles. The van der Waals surface area contributed by atoms with Gasteiger partial charge in [0.1, 0.15) is 5.69 Å². The molecule has 8 nitrogen and oxygen atoms in total. The molecular weight excluding hydrogens is 372 g/mol. The van der Waals surface area contributed by atoms with Crippen LogP contribution in [0, 0.1) is 5.92 Å². The molecule has 2 aromatic heterocycles. The summed E-state index contributed by atoms with van der Waals surface area (Å²) in [4.78, 5) is 43.6. The molecule has 1 saturated heterocycles. The van der Waals surface area contributed by atoms with Crippen molar-refractivity contribution >= 4 is 17.5 Å². The molecule has 0 radical (unpaired) electrons. The van der Waals surface area contributed by atoms with Gasteiger partial charge in [0.2, 0.25) is 5.91 Å². The molecule has 2 unspecified atom stereocenters. The van der Waals surface area contributed by atoms with Crippen LogP contribution in [-0.2, 0) is 16.1 Å². The number of rotatable bonds is 5. The van der Waals surface area contributed by atoms with E-state index in [1.54, 1.807) is 35.2 Å². The first-order valence-electron chi connectivity index (χ1n) is 9.78. The lowest BCUT2D eigenvalue weighted by molar-refractivity contribution is -0.117. The number of hydrogen-bond donors (Lipinski definition) is 1. The Balaban J connectivity index is 1.54. The summed E-state index contributed by atoms with van der Waals surface area (Å²) in [6.45, 7) is 2.04. The fourth-order valence-corrected chi connectivity index (χ4v) is 4.29. The lowest BCUT2D eigenvalue weighted by Crippen LogP contribution is -2.49. The molecule has 2 aromatic rings. The first-order valence-corrected chi connectivity index (χ1v) is 9.78. The van der Waals surface area contributed by atoms with Crippen LogP contribution in [0.1, 0.15) is 34.8 Å². The summed E-state index contributed by atoms with van der Waals surface area (Å²) in [6, 6.07) is 7.10. The van der Waals surface area contributed by atoms with Gasteiger partial charge in [0.15, 0.2) is 0 Å². The van der Waals surface area contributed by atoms with Gasteiger partial charge in [-0.15, -0.1) is 0 Å². The predicted octanol–water partition coefficient (Wildman–Crippen LogP) is 1.48. The third-order valence-electron chi connectivity index (χ3n) is 5.61. The molecule has 1 fully saturated rings. The van der Waals surface area contributed by atoms with E-state index in [4.69, 9.17) is 4.74 Å². The number of carbonyl (C=O) groups is 2. The molecule has 152 valence electrons. The Morgan fingerprint density at radius 2 is 2.10 bits per heavy atom. The van der Waals surface area contributed by atoms with E-state index in [1.807, 2.05) is 11.0 Å². The number of hydrogen-bond acceptors (Lipinski definition) is 5. The second kappa shape index (κ2) is 8.16. The van der Waals surface area contributed by atoms with Crippen molar-refractivity contribution in [3.8, 4) is 0 Å². The smallest absolute Gasteiger partial charge is 0.274 e. The molecule has 4 rings (SSSR count). The van der Waals surface area contributed by atoms with Crippen molar-refractivity contribution in [3.05, 3.63) is 58.3 Å². The minimum atomic E-state index is -0.242. The summed E-state index contributed by atoms with van der Waals surface area (Å²) < 4.78 is 6.66. The summed E-state index contributed by atoms with van der Waals surface area (Å²) >= 11 is 0. The minimum Gasteiger partial charge on any atom is -0.384 e. The lowest BCUT2D eigenvalue weighted by Gasteiger charge is -2.42. The van der Waals surface area contributed by atoms with Gasteiger partial charge in [-0.2, -0.15) is 0 Å². The highest BCUT2D eigenvalue weighted by molar-refractivity contribution is 5.94. The molecule has 29 heavy (non-hydrogen) atoms. The average molecular weight is 396 g/mol. The van der Waals surface area contributed by atoms with Crippen LogP contribution < -0.4 is 10.9 Å². The molecular formula is C21H24N4O4. The molecule has 2 bridgehead atoms. The molecule has 1 N–H and O–H groups in total. The van der Waals surface area contributed by atoms with Gasteiger partial charge in [-0.05, 0) is 36.6 Å². The number of amides is 2. The molecule has 8 heteroatoms. The van der Waals surface area contributed by atoms with Crippen LogP contribution in [0.4, 0.5) is 5.69 Å². The van der Waals surface area contributed by atoms with E-state index in [-0.39, 0.29) is 41.3 Å². The maximum atomic E-state index is 12.9. The van der Waals surface area contributed by atoms with Crippen LogP contribution in [-0.4, -0.2) is 53.1 Å². The number of piperidine rings is 1. The maximum Gasteiger partial charge on any atom is 0.274 e. The number of fused-ring (bicyclic) bond motifs is 4. The summed E-state index contributed by atoms with van der Waals surface area (Å²) in [7, 11) is 1.53. The van der Waals surface area contributed by atoms with Gasteiger partial charge in [0, 0.05) is 50.7 Å². The van der Waals surface area contributed by atoms with E-state index >= 15 is 0 Å². The van der Waals surface area contributed by atoms with Crippen molar-refractivity contribution in [1.29, 1.82) is 0 Å². The van der Waals surface area contributed by atoms with Crippen LogP contribution >= 0.6 is 0 Å². The van der Waals surface area contributed by atoms with Crippen molar-refractivity contribution in [3.63, 3.8) is 0 Å². The second-order valence-corrected chi connectivity index (χ2v) is 7.63. The van der Waals surface area contributed by atoms with E-state index in [0.717, 1.165) is 12.1 Å². The predicted molar refractivity (Wildman–Crippen MR) is 107 cm³/mol. The highest BCUT2D eigenvalue weighted by atomic mass is 16.5. The van der Waals surface area contributed by atoms with Crippen LogP contribution in [0.15, 0.2) is 41.5 Å². The lowest BCUT2D eigenvalue weighted by atomic mass is 9.83. The van der Waals surface area contributed by atoms with Crippen LogP contribution in [0.25, 0.3) is 0 Å². The molecule has 0 aliphatic carbocycles. The molecule has 0 spiro atoms. The number of anilines is 1. The standard InChI is InChI=1S/C21H24N4O4/c1-29-8-6-19(26)23-17-4-5-18-16-9-14(12-25(18)21(17)28)11-24(13-16)20(27)15-3-2-7-22-10-15/h2-5,7,10,14,16H,6,8-9,11-13H2,1H3,(H,23,26). The number of nitrogens with zero attached hydrogens (tertiary/aromatic N) is 3. The summed E-state index contributed by atoms with van der Waals surface area (Å²) in [5, 5.41) is 2.69. The van der Waals surface area contributed by atoms with Crippen molar-refractivity contribution in [2.24, 2.45) is 5.92 Å². The van der Waals surface area contributed by atoms with Gasteiger partial charge in [-0.3, -0.25) is 19.4 Å². The minimum absolute atomic E-state index is 0.0226. The molecule has 0 saturated carbocycles. The summed E-state index contributed by atoms with van der Waals surface area (Å²) in [6.07, 6.45) is 4.39. The number of likely N-dealkylation sites (tertiary alicyclic amines) is 1. The first kappa shape index (κ1) is 19.3. The zero-order valence-electron chi connectivity index (χ0n) is 16.3. The second-order valence-electron chi connectivity index (χ2n) is 7.63. The fourth-order valence-electron chi connectivity index (χ4n) is 4.29. The Bertz CT molecular complexity index is 972. The van der Waals surface area contributed by atoms with Gasteiger partial charge < -0.3 is 19.5 Å². The highest BCUT2D eigenvalue weighted by Gasteiger charge is 2.37. The monoisotopic (exact) mass is 396 g/mol. The number of methoxy groups -OCH3 is 1. The Morgan fingerprint density at radius 1 is 1.24 bits per heavy atom. The first-order chi connectivity index (χ1) is 14.1. The third-order valence-corrected chi connectivity index (χ3v) is 5.61. The van der Waals surface area contributed by atoms with E-state index in [2.05, 4.69) is 10.3 Å². The Kier molecular flexibility index (Phi) is 5.44. The van der Waals surface area contributed by atoms with Gasteiger partial charge in [0.25, 0.3) is 11.5 Å². The molecule has 2 amide bonds. The van der Waals surface area contributed by atoms with Crippen molar-refractivity contribution < 1.29 is 14.3 Å². The number of pyridine rings is 2. The van der Waals surface area contributed by atoms with Crippen LogP contribution in [0.2, 0.25) is 0 Å². The zero-order valence-corrected chi connectivity index (χ0v) is 16.3. The summed E-state index contributed by atoms with van der Waals surface area (Å²) in [5.41, 5.74) is 1.61. The molecule has 0 aromatic carbocycles. The van der Waals surface area contributed by atoms with Gasteiger partial charge in [0.05, 0.1) is 18.6 Å². The normalized spacial score (nSPS) is 20.1. The van der Waals surface area contributed by atoms with Crippen molar-refractivity contribution in [2.45, 2.75) is 25.3 Å². The maximum absolute atomic E-state index is 12.9. The number of nitrogens with one attached hydrogen (secondary N) is 1. The van der Waals surface area contributed by atoms with Gasteiger partial charge >= 0.3 is 0 Å². The van der Waals surface area contributed by atoms with Crippen LogP contribution in [0.3, 0.4) is 0 Å². The Hall–Kier alpha value is -3.00. The Morgan fingerprint density at radius 3 is 2.86 bits per heavy atom. The topological polar surface area (TPSA) is 93.5 Å². The van der Waals surface area contributed by atoms with Gasteiger partial charge in [-0.1, -0.05) is 0 Å².